The van der Waals surface area contributed by atoms with Crippen LogP contribution in [0.2, 0.25) is 0 Å². The Balaban J connectivity index is 1.98. The van der Waals surface area contributed by atoms with E-state index in [9.17, 15) is 5.11 Å². The predicted octanol–water partition coefficient (Wildman–Crippen LogP) is 2.96. The van der Waals surface area contributed by atoms with Gasteiger partial charge in [0.05, 0.1) is 12.7 Å². The summed E-state index contributed by atoms with van der Waals surface area (Å²) in [7, 11) is 0. The van der Waals surface area contributed by atoms with Gasteiger partial charge in [-0.1, -0.05) is 25.1 Å². The van der Waals surface area contributed by atoms with Crippen LogP contribution < -0.4 is 4.74 Å². The summed E-state index contributed by atoms with van der Waals surface area (Å²) in [6, 6.07) is 8.27. The minimum atomic E-state index is -0.201. The zero-order valence-electron chi connectivity index (χ0n) is 10.0. The van der Waals surface area contributed by atoms with E-state index in [2.05, 4.69) is 19.1 Å². The zero-order valence-corrected chi connectivity index (χ0v) is 10.0. The van der Waals surface area contributed by atoms with Crippen LogP contribution >= 0.6 is 0 Å². The Bertz CT molecular complexity index is 346. The summed E-state index contributed by atoms with van der Waals surface area (Å²) in [5.41, 5.74) is 1.33. The van der Waals surface area contributed by atoms with E-state index >= 15 is 0 Å². The fourth-order valence-electron chi connectivity index (χ4n) is 2.59. The van der Waals surface area contributed by atoms with Crippen LogP contribution in [0.3, 0.4) is 0 Å². The van der Waals surface area contributed by atoms with Crippen LogP contribution in [0.1, 0.15) is 38.2 Å². The normalized spacial score (nSPS) is 22.3. The molecule has 0 bridgehead atoms. The maximum atomic E-state index is 9.36. The molecule has 3 atom stereocenters. The Labute approximate surface area is 97.3 Å². The van der Waals surface area contributed by atoms with Crippen molar-refractivity contribution in [2.75, 3.05) is 6.61 Å². The van der Waals surface area contributed by atoms with Crippen LogP contribution in [-0.2, 0) is 0 Å². The molecule has 0 aromatic heterocycles. The monoisotopic (exact) mass is 220 g/mol. The summed E-state index contributed by atoms with van der Waals surface area (Å²) in [5, 5.41) is 9.36. The summed E-state index contributed by atoms with van der Waals surface area (Å²) < 4.78 is 5.65. The molecule has 2 nitrogen and oxygen atoms in total. The van der Waals surface area contributed by atoms with Crippen molar-refractivity contribution in [2.24, 2.45) is 5.92 Å². The Kier molecular flexibility index (Phi) is 3.49. The average Bonchev–Trinajstić information content (AvgIpc) is 2.61. The molecule has 0 saturated heterocycles. The fraction of sp³-hybridized carbons (Fsp3) is 0.571. The van der Waals surface area contributed by atoms with Gasteiger partial charge < -0.3 is 9.84 Å². The molecular weight excluding hydrogens is 200 g/mol. The van der Waals surface area contributed by atoms with Gasteiger partial charge in [0.1, 0.15) is 5.75 Å². The van der Waals surface area contributed by atoms with Crippen LogP contribution in [0.25, 0.3) is 0 Å². The summed E-state index contributed by atoms with van der Waals surface area (Å²) in [5.74, 6) is 2.08. The molecule has 0 amide bonds. The molecule has 2 rings (SSSR count). The van der Waals surface area contributed by atoms with Crippen molar-refractivity contribution >= 4 is 0 Å². The van der Waals surface area contributed by atoms with Gasteiger partial charge in [-0.05, 0) is 31.7 Å². The molecule has 3 unspecified atom stereocenters. The van der Waals surface area contributed by atoms with E-state index in [1.807, 2.05) is 19.1 Å². The van der Waals surface area contributed by atoms with Gasteiger partial charge in [-0.2, -0.15) is 0 Å². The molecule has 2 heteroatoms. The van der Waals surface area contributed by atoms with Gasteiger partial charge in [0, 0.05) is 11.5 Å². The summed E-state index contributed by atoms with van der Waals surface area (Å²) in [6.45, 7) is 4.85. The number of fused-ring (bicyclic) bond motifs is 1. The highest BCUT2D eigenvalue weighted by atomic mass is 16.5. The number of benzene rings is 1. The SMILES string of the molecule is CC(O)CC(C)CC1COc2ccccc21. The van der Waals surface area contributed by atoms with Crippen LogP contribution in [-0.4, -0.2) is 17.8 Å². The van der Waals surface area contributed by atoms with Gasteiger partial charge >= 0.3 is 0 Å². The molecule has 1 aliphatic heterocycles. The summed E-state index contributed by atoms with van der Waals surface area (Å²) >= 11 is 0. The first-order valence-electron chi connectivity index (χ1n) is 6.06. The lowest BCUT2D eigenvalue weighted by Gasteiger charge is -2.17. The molecule has 1 N–H and O–H groups in total. The molecule has 0 saturated carbocycles. The van der Waals surface area contributed by atoms with Crippen molar-refractivity contribution in [3.8, 4) is 5.75 Å². The van der Waals surface area contributed by atoms with Gasteiger partial charge in [-0.25, -0.2) is 0 Å². The Morgan fingerprint density at radius 1 is 1.38 bits per heavy atom. The van der Waals surface area contributed by atoms with Gasteiger partial charge in [-0.15, -0.1) is 0 Å². The molecule has 0 aliphatic carbocycles. The molecule has 1 aliphatic rings. The third-order valence-electron chi connectivity index (χ3n) is 3.23. The van der Waals surface area contributed by atoms with E-state index < -0.39 is 0 Å². The number of hydrogen-bond donors (Lipinski definition) is 1. The molecule has 1 heterocycles. The van der Waals surface area contributed by atoms with E-state index in [4.69, 9.17) is 4.74 Å². The average molecular weight is 220 g/mol. The number of aliphatic hydroxyl groups excluding tert-OH is 1. The molecule has 0 spiro atoms. The lowest BCUT2D eigenvalue weighted by molar-refractivity contribution is 0.158. The predicted molar refractivity (Wildman–Crippen MR) is 64.8 cm³/mol. The van der Waals surface area contributed by atoms with Crippen molar-refractivity contribution in [3.05, 3.63) is 29.8 Å². The number of hydrogen-bond acceptors (Lipinski definition) is 2. The first-order valence-corrected chi connectivity index (χ1v) is 6.06. The van der Waals surface area contributed by atoms with Gasteiger partial charge in [0.2, 0.25) is 0 Å². The Morgan fingerprint density at radius 2 is 2.12 bits per heavy atom. The Morgan fingerprint density at radius 3 is 2.88 bits per heavy atom. The number of rotatable bonds is 4. The lowest BCUT2D eigenvalue weighted by Crippen LogP contribution is -2.12. The lowest BCUT2D eigenvalue weighted by atomic mass is 9.88. The molecule has 88 valence electrons. The molecule has 1 aromatic carbocycles. The second-order valence-corrected chi connectivity index (χ2v) is 4.97. The molecule has 1 aromatic rings. The van der Waals surface area contributed by atoms with Crippen LogP contribution in [0.4, 0.5) is 0 Å². The largest absolute Gasteiger partial charge is 0.493 e. The van der Waals surface area contributed by atoms with Crippen molar-refractivity contribution in [1.82, 2.24) is 0 Å². The van der Waals surface area contributed by atoms with Gasteiger partial charge in [0.15, 0.2) is 0 Å². The standard InChI is InChI=1S/C14H20O2/c1-10(7-11(2)15)8-12-9-16-14-6-4-3-5-13(12)14/h3-6,10-12,15H,7-9H2,1-2H3. The second-order valence-electron chi connectivity index (χ2n) is 4.97. The van der Waals surface area contributed by atoms with Crippen molar-refractivity contribution < 1.29 is 9.84 Å². The van der Waals surface area contributed by atoms with E-state index in [0.717, 1.165) is 25.2 Å². The minimum Gasteiger partial charge on any atom is -0.493 e. The highest BCUT2D eigenvalue weighted by molar-refractivity contribution is 5.39. The third-order valence-corrected chi connectivity index (χ3v) is 3.23. The summed E-state index contributed by atoms with van der Waals surface area (Å²) in [6.07, 6.45) is 1.77. The Hall–Kier alpha value is -1.02. The molecule has 0 fully saturated rings. The van der Waals surface area contributed by atoms with Gasteiger partial charge in [-0.3, -0.25) is 0 Å². The highest BCUT2D eigenvalue weighted by Crippen LogP contribution is 2.37. The smallest absolute Gasteiger partial charge is 0.122 e. The van der Waals surface area contributed by atoms with Crippen molar-refractivity contribution in [1.29, 1.82) is 0 Å². The highest BCUT2D eigenvalue weighted by Gasteiger charge is 2.25. The van der Waals surface area contributed by atoms with E-state index in [1.54, 1.807) is 0 Å². The molecule has 16 heavy (non-hydrogen) atoms. The van der Waals surface area contributed by atoms with Gasteiger partial charge in [0.25, 0.3) is 0 Å². The minimum absolute atomic E-state index is 0.201. The van der Waals surface area contributed by atoms with Crippen LogP contribution in [0.5, 0.6) is 5.75 Å². The van der Waals surface area contributed by atoms with Crippen LogP contribution in [0, 0.1) is 5.92 Å². The first kappa shape index (κ1) is 11.5. The fourth-order valence-corrected chi connectivity index (χ4v) is 2.59. The maximum Gasteiger partial charge on any atom is 0.122 e. The van der Waals surface area contributed by atoms with E-state index in [1.165, 1.54) is 5.56 Å². The number of ether oxygens (including phenoxy) is 1. The molecule has 0 radical (unpaired) electrons. The zero-order chi connectivity index (χ0) is 11.5. The topological polar surface area (TPSA) is 29.5 Å². The van der Waals surface area contributed by atoms with Crippen molar-refractivity contribution in [3.63, 3.8) is 0 Å². The summed E-state index contributed by atoms with van der Waals surface area (Å²) in [4.78, 5) is 0. The van der Waals surface area contributed by atoms with Crippen LogP contribution in [0.15, 0.2) is 24.3 Å². The maximum absolute atomic E-state index is 9.36. The third kappa shape index (κ3) is 2.56. The van der Waals surface area contributed by atoms with E-state index in [0.29, 0.717) is 11.8 Å². The second kappa shape index (κ2) is 4.88. The van der Waals surface area contributed by atoms with Crippen molar-refractivity contribution in [2.45, 2.75) is 38.7 Å². The molecular formula is C14H20O2. The number of aliphatic hydroxyl groups is 1. The number of para-hydroxylation sites is 1. The first-order chi connectivity index (χ1) is 7.66. The van der Waals surface area contributed by atoms with E-state index in [-0.39, 0.29) is 6.10 Å². The quantitative estimate of drug-likeness (QED) is 0.845.